The summed E-state index contributed by atoms with van der Waals surface area (Å²) in [5, 5.41) is 6.92. The minimum Gasteiger partial charge on any atom is -0.481 e. The monoisotopic (exact) mass is 435 g/mol. The first-order valence-electron chi connectivity index (χ1n) is 10.2. The number of rotatable bonds is 7. The van der Waals surface area contributed by atoms with Crippen LogP contribution in [0.25, 0.3) is 5.69 Å². The summed E-state index contributed by atoms with van der Waals surface area (Å²) in [4.78, 5) is 37.6. The molecule has 8 heteroatoms. The molecule has 0 saturated heterocycles. The predicted molar refractivity (Wildman–Crippen MR) is 121 cm³/mol. The third-order valence-corrected chi connectivity index (χ3v) is 4.57. The summed E-state index contributed by atoms with van der Waals surface area (Å²) in [5.74, 6) is -1.30. The Morgan fingerprint density at radius 2 is 1.72 bits per heavy atom. The van der Waals surface area contributed by atoms with Gasteiger partial charge in [-0.1, -0.05) is 24.3 Å². The molecular formula is C24H25N3O5. The minimum absolute atomic E-state index is 0.117. The number of esters is 1. The number of aryl methyl sites for hydroxylation is 3. The van der Waals surface area contributed by atoms with Crippen molar-refractivity contribution in [2.75, 3.05) is 18.5 Å². The summed E-state index contributed by atoms with van der Waals surface area (Å²) < 4.78 is 11.7. The molecule has 0 bridgehead atoms. The maximum Gasteiger partial charge on any atom is 0.362 e. The Hall–Kier alpha value is -3.94. The number of hydrogen-bond donors (Lipinski definition) is 1. The third-order valence-electron chi connectivity index (χ3n) is 4.57. The van der Waals surface area contributed by atoms with Crippen molar-refractivity contribution in [2.45, 2.75) is 27.7 Å². The molecule has 3 aromatic rings. The van der Waals surface area contributed by atoms with E-state index in [0.29, 0.717) is 11.4 Å². The first-order valence-corrected chi connectivity index (χ1v) is 10.2. The SMILES string of the molecule is CCOC(=O)c1nn(-c2ccccc2C)c(=O)cc1OCC(=O)Nc1cc(C)cc(C)c1. The van der Waals surface area contributed by atoms with Gasteiger partial charge in [-0.15, -0.1) is 0 Å². The fourth-order valence-corrected chi connectivity index (χ4v) is 3.25. The van der Waals surface area contributed by atoms with Crippen LogP contribution in [0.3, 0.4) is 0 Å². The van der Waals surface area contributed by atoms with Crippen LogP contribution in [0.1, 0.15) is 34.1 Å². The van der Waals surface area contributed by atoms with E-state index < -0.39 is 24.0 Å². The number of nitrogens with one attached hydrogen (secondary N) is 1. The molecule has 32 heavy (non-hydrogen) atoms. The molecule has 0 radical (unpaired) electrons. The van der Waals surface area contributed by atoms with Gasteiger partial charge in [-0.05, 0) is 62.6 Å². The average Bonchev–Trinajstić information content (AvgIpc) is 2.72. The Balaban J connectivity index is 1.87. The Labute approximate surface area is 185 Å². The molecule has 0 aliphatic carbocycles. The lowest BCUT2D eigenvalue weighted by atomic mass is 10.1. The number of nitrogens with zero attached hydrogens (tertiary/aromatic N) is 2. The molecule has 0 aliphatic rings. The van der Waals surface area contributed by atoms with Gasteiger partial charge in [0.2, 0.25) is 5.69 Å². The molecule has 8 nitrogen and oxygen atoms in total. The summed E-state index contributed by atoms with van der Waals surface area (Å²) in [6.07, 6.45) is 0. The molecule has 0 spiro atoms. The Morgan fingerprint density at radius 3 is 2.38 bits per heavy atom. The number of anilines is 1. The topological polar surface area (TPSA) is 99.5 Å². The normalized spacial score (nSPS) is 10.5. The van der Waals surface area contributed by atoms with Crippen molar-refractivity contribution in [1.82, 2.24) is 9.78 Å². The molecule has 0 unspecified atom stereocenters. The van der Waals surface area contributed by atoms with E-state index in [0.717, 1.165) is 27.4 Å². The third kappa shape index (κ3) is 5.40. The predicted octanol–water partition coefficient (Wildman–Crippen LogP) is 3.35. The second-order valence-corrected chi connectivity index (χ2v) is 7.33. The fourth-order valence-electron chi connectivity index (χ4n) is 3.25. The second kappa shape index (κ2) is 9.91. The molecule has 0 atom stereocenters. The highest BCUT2D eigenvalue weighted by atomic mass is 16.5. The van der Waals surface area contributed by atoms with Crippen LogP contribution < -0.4 is 15.6 Å². The van der Waals surface area contributed by atoms with E-state index >= 15 is 0 Å². The van der Waals surface area contributed by atoms with Crippen LogP contribution in [0.4, 0.5) is 5.69 Å². The van der Waals surface area contributed by atoms with E-state index in [9.17, 15) is 14.4 Å². The van der Waals surface area contributed by atoms with Gasteiger partial charge in [0.05, 0.1) is 18.4 Å². The van der Waals surface area contributed by atoms with Crippen LogP contribution in [0.15, 0.2) is 53.3 Å². The van der Waals surface area contributed by atoms with E-state index in [1.165, 1.54) is 0 Å². The Bertz CT molecular complexity index is 1200. The number of amides is 1. The molecule has 0 saturated carbocycles. The average molecular weight is 435 g/mol. The maximum absolute atomic E-state index is 12.7. The minimum atomic E-state index is -0.750. The molecule has 1 heterocycles. The van der Waals surface area contributed by atoms with Crippen LogP contribution in [0.5, 0.6) is 5.75 Å². The molecule has 166 valence electrons. The number of benzene rings is 2. The summed E-state index contributed by atoms with van der Waals surface area (Å²) in [6, 6.07) is 13.9. The Kier molecular flexibility index (Phi) is 7.04. The van der Waals surface area contributed by atoms with Crippen LogP contribution in [0.2, 0.25) is 0 Å². The van der Waals surface area contributed by atoms with E-state index in [1.54, 1.807) is 19.1 Å². The van der Waals surface area contributed by atoms with Crippen molar-refractivity contribution < 1.29 is 19.1 Å². The standard InChI is InChI=1S/C24H25N3O5/c1-5-31-24(30)23-20(13-22(29)27(26-23)19-9-7-6-8-17(19)4)32-14-21(28)25-18-11-15(2)10-16(3)12-18/h6-13H,5,14H2,1-4H3,(H,25,28). The van der Waals surface area contributed by atoms with Crippen LogP contribution in [-0.2, 0) is 9.53 Å². The number of aromatic nitrogens is 2. The largest absolute Gasteiger partial charge is 0.481 e. The summed E-state index contributed by atoms with van der Waals surface area (Å²) in [5.41, 5.74) is 3.30. The number of carbonyl (C=O) groups is 2. The maximum atomic E-state index is 12.7. The van der Waals surface area contributed by atoms with E-state index in [4.69, 9.17) is 9.47 Å². The lowest BCUT2D eigenvalue weighted by molar-refractivity contribution is -0.118. The number of carbonyl (C=O) groups excluding carboxylic acids is 2. The molecule has 3 rings (SSSR count). The Morgan fingerprint density at radius 1 is 1.03 bits per heavy atom. The molecule has 1 aromatic heterocycles. The van der Waals surface area contributed by atoms with Crippen molar-refractivity contribution >= 4 is 17.6 Å². The highest BCUT2D eigenvalue weighted by Crippen LogP contribution is 2.18. The van der Waals surface area contributed by atoms with Gasteiger partial charge >= 0.3 is 5.97 Å². The van der Waals surface area contributed by atoms with Crippen LogP contribution >= 0.6 is 0 Å². The highest BCUT2D eigenvalue weighted by Gasteiger charge is 2.21. The van der Waals surface area contributed by atoms with Crippen molar-refractivity contribution in [3.05, 3.63) is 81.3 Å². The lowest BCUT2D eigenvalue weighted by Crippen LogP contribution is -2.27. The van der Waals surface area contributed by atoms with E-state index in [-0.39, 0.29) is 18.1 Å². The molecular weight excluding hydrogens is 410 g/mol. The van der Waals surface area contributed by atoms with Gasteiger partial charge in [0.15, 0.2) is 12.4 Å². The lowest BCUT2D eigenvalue weighted by Gasteiger charge is -2.14. The zero-order valence-corrected chi connectivity index (χ0v) is 18.5. The van der Waals surface area contributed by atoms with E-state index in [2.05, 4.69) is 10.4 Å². The van der Waals surface area contributed by atoms with Crippen molar-refractivity contribution in [3.63, 3.8) is 0 Å². The first-order chi connectivity index (χ1) is 15.3. The van der Waals surface area contributed by atoms with E-state index in [1.807, 2.05) is 51.1 Å². The zero-order valence-electron chi connectivity index (χ0n) is 18.5. The quantitative estimate of drug-likeness (QED) is 0.572. The molecule has 0 fully saturated rings. The van der Waals surface area contributed by atoms with Gasteiger partial charge < -0.3 is 14.8 Å². The smallest absolute Gasteiger partial charge is 0.362 e. The molecule has 2 aromatic carbocycles. The summed E-state index contributed by atoms with van der Waals surface area (Å²) in [6.45, 7) is 7.06. The van der Waals surface area contributed by atoms with Gasteiger partial charge in [0.1, 0.15) is 0 Å². The highest BCUT2D eigenvalue weighted by molar-refractivity contribution is 5.93. The molecule has 0 aliphatic heterocycles. The number of ether oxygens (including phenoxy) is 2. The number of para-hydroxylation sites is 1. The van der Waals surface area contributed by atoms with Crippen molar-refractivity contribution in [2.24, 2.45) is 0 Å². The number of hydrogen-bond acceptors (Lipinski definition) is 6. The molecule has 1 amide bonds. The first kappa shape index (κ1) is 22.7. The van der Waals surface area contributed by atoms with Crippen molar-refractivity contribution in [3.8, 4) is 11.4 Å². The zero-order chi connectivity index (χ0) is 23.3. The van der Waals surface area contributed by atoms with Gasteiger partial charge in [-0.2, -0.15) is 9.78 Å². The molecule has 1 N–H and O–H groups in total. The van der Waals surface area contributed by atoms with Gasteiger partial charge in [0, 0.05) is 5.69 Å². The van der Waals surface area contributed by atoms with Crippen molar-refractivity contribution in [1.29, 1.82) is 0 Å². The fraction of sp³-hybridized carbons (Fsp3) is 0.250. The van der Waals surface area contributed by atoms with Crippen LogP contribution in [0, 0.1) is 20.8 Å². The van der Waals surface area contributed by atoms with Gasteiger partial charge in [-0.3, -0.25) is 9.59 Å². The van der Waals surface area contributed by atoms with Gasteiger partial charge in [-0.25, -0.2) is 4.79 Å². The van der Waals surface area contributed by atoms with Gasteiger partial charge in [0.25, 0.3) is 11.5 Å². The second-order valence-electron chi connectivity index (χ2n) is 7.33. The summed E-state index contributed by atoms with van der Waals surface area (Å²) in [7, 11) is 0. The summed E-state index contributed by atoms with van der Waals surface area (Å²) >= 11 is 0. The van der Waals surface area contributed by atoms with Crippen LogP contribution in [-0.4, -0.2) is 34.9 Å².